The number of nitrogens with two attached hydrogens (primary N) is 1. The summed E-state index contributed by atoms with van der Waals surface area (Å²) < 4.78 is 1.70. The van der Waals surface area contributed by atoms with Gasteiger partial charge in [-0.15, -0.1) is 0 Å². The van der Waals surface area contributed by atoms with Crippen LogP contribution in [0, 0.1) is 6.92 Å². The third-order valence-corrected chi connectivity index (χ3v) is 3.78. The second kappa shape index (κ2) is 7.75. The van der Waals surface area contributed by atoms with Crippen molar-refractivity contribution < 1.29 is 4.79 Å². The van der Waals surface area contributed by atoms with Crippen LogP contribution in [0.4, 0.5) is 11.6 Å². The highest BCUT2D eigenvalue weighted by Crippen LogP contribution is 2.23. The molecule has 26 heavy (non-hydrogen) atoms. The van der Waals surface area contributed by atoms with Gasteiger partial charge in [-0.05, 0) is 24.6 Å². The van der Waals surface area contributed by atoms with Crippen LogP contribution in [-0.2, 0) is 7.05 Å². The zero-order chi connectivity index (χ0) is 18.5. The van der Waals surface area contributed by atoms with Gasteiger partial charge in [-0.1, -0.05) is 12.1 Å². The number of rotatable bonds is 6. The molecule has 0 saturated carbocycles. The van der Waals surface area contributed by atoms with Gasteiger partial charge < -0.3 is 16.4 Å². The number of nitrogens with zero attached hydrogens (tertiary/aromatic N) is 4. The van der Waals surface area contributed by atoms with E-state index < -0.39 is 0 Å². The lowest BCUT2D eigenvalue weighted by Crippen LogP contribution is -2.28. The van der Waals surface area contributed by atoms with Crippen LogP contribution in [0.5, 0.6) is 0 Å². The monoisotopic (exact) mass is 351 g/mol. The predicted molar refractivity (Wildman–Crippen MR) is 100 cm³/mol. The van der Waals surface area contributed by atoms with Crippen molar-refractivity contribution in [3.8, 4) is 11.3 Å². The minimum absolute atomic E-state index is 0.139. The highest BCUT2D eigenvalue weighted by molar-refractivity contribution is 5.94. The van der Waals surface area contributed by atoms with Gasteiger partial charge >= 0.3 is 0 Å². The molecule has 1 aromatic carbocycles. The van der Waals surface area contributed by atoms with Crippen molar-refractivity contribution in [3.63, 3.8) is 0 Å². The van der Waals surface area contributed by atoms with Gasteiger partial charge in [-0.2, -0.15) is 5.10 Å². The quantitative estimate of drug-likeness (QED) is 0.622. The lowest BCUT2D eigenvalue weighted by molar-refractivity contribution is 0.0955. The smallest absolute Gasteiger partial charge is 0.251 e. The molecule has 0 aliphatic heterocycles. The molecule has 8 nitrogen and oxygen atoms in total. The van der Waals surface area contributed by atoms with Gasteiger partial charge in [0.1, 0.15) is 0 Å². The number of benzene rings is 1. The summed E-state index contributed by atoms with van der Waals surface area (Å²) in [5, 5.41) is 9.99. The van der Waals surface area contributed by atoms with E-state index in [-0.39, 0.29) is 5.91 Å². The lowest BCUT2D eigenvalue weighted by Gasteiger charge is -2.09. The Hall–Kier alpha value is -3.26. The SMILES string of the molecule is Cc1cnc(Nc2cnn(C)c2)nc1-c1ccc(C(=O)NCCN)cc1. The Balaban J connectivity index is 1.81. The fourth-order valence-electron chi connectivity index (χ4n) is 2.48. The van der Waals surface area contributed by atoms with E-state index in [0.717, 1.165) is 22.5 Å². The summed E-state index contributed by atoms with van der Waals surface area (Å²) in [7, 11) is 1.85. The molecule has 2 aromatic heterocycles. The highest BCUT2D eigenvalue weighted by atomic mass is 16.1. The summed E-state index contributed by atoms with van der Waals surface area (Å²) in [5.74, 6) is 0.351. The van der Waals surface area contributed by atoms with Crippen LogP contribution in [0.25, 0.3) is 11.3 Å². The Morgan fingerprint density at radius 3 is 2.65 bits per heavy atom. The molecular formula is C18H21N7O. The van der Waals surface area contributed by atoms with Crippen molar-refractivity contribution in [2.45, 2.75) is 6.92 Å². The minimum Gasteiger partial charge on any atom is -0.351 e. The van der Waals surface area contributed by atoms with Crippen LogP contribution in [0.2, 0.25) is 0 Å². The fourth-order valence-corrected chi connectivity index (χ4v) is 2.48. The molecule has 0 fully saturated rings. The van der Waals surface area contributed by atoms with Crippen LogP contribution in [0.1, 0.15) is 15.9 Å². The third kappa shape index (κ3) is 4.04. The summed E-state index contributed by atoms with van der Waals surface area (Å²) >= 11 is 0. The zero-order valence-electron chi connectivity index (χ0n) is 14.7. The number of hydrogen-bond acceptors (Lipinski definition) is 6. The Kier molecular flexibility index (Phi) is 5.23. The molecule has 2 heterocycles. The summed E-state index contributed by atoms with van der Waals surface area (Å²) in [5.41, 5.74) is 9.47. The maximum absolute atomic E-state index is 12.0. The average molecular weight is 351 g/mol. The van der Waals surface area contributed by atoms with E-state index >= 15 is 0 Å². The molecule has 0 atom stereocenters. The molecule has 0 spiro atoms. The molecule has 4 N–H and O–H groups in total. The van der Waals surface area contributed by atoms with Crippen molar-refractivity contribution >= 4 is 17.5 Å². The van der Waals surface area contributed by atoms with E-state index in [1.54, 1.807) is 29.2 Å². The molecule has 8 heteroatoms. The summed E-state index contributed by atoms with van der Waals surface area (Å²) in [6.45, 7) is 2.82. The topological polar surface area (TPSA) is 111 Å². The molecule has 3 rings (SSSR count). The number of anilines is 2. The minimum atomic E-state index is -0.139. The van der Waals surface area contributed by atoms with Gasteiger partial charge in [-0.25, -0.2) is 9.97 Å². The largest absolute Gasteiger partial charge is 0.351 e. The van der Waals surface area contributed by atoms with E-state index in [1.807, 2.05) is 32.3 Å². The van der Waals surface area contributed by atoms with Crippen molar-refractivity contribution in [1.82, 2.24) is 25.1 Å². The van der Waals surface area contributed by atoms with Crippen molar-refractivity contribution in [1.29, 1.82) is 0 Å². The van der Waals surface area contributed by atoms with Gasteiger partial charge in [-0.3, -0.25) is 9.48 Å². The van der Waals surface area contributed by atoms with E-state index in [9.17, 15) is 4.79 Å². The van der Waals surface area contributed by atoms with Crippen LogP contribution in [0.15, 0.2) is 42.9 Å². The van der Waals surface area contributed by atoms with Crippen LogP contribution in [-0.4, -0.2) is 38.7 Å². The number of carbonyl (C=O) groups excluding carboxylic acids is 1. The van der Waals surface area contributed by atoms with Crippen molar-refractivity contribution in [2.24, 2.45) is 12.8 Å². The fraction of sp³-hybridized carbons (Fsp3) is 0.222. The Morgan fingerprint density at radius 1 is 1.23 bits per heavy atom. The van der Waals surface area contributed by atoms with Gasteiger partial charge in [0, 0.05) is 43.7 Å². The molecule has 0 aliphatic rings. The Labute approximate surface area is 151 Å². The van der Waals surface area contributed by atoms with E-state index in [4.69, 9.17) is 5.73 Å². The number of aryl methyl sites for hydroxylation is 2. The van der Waals surface area contributed by atoms with E-state index in [1.165, 1.54) is 0 Å². The molecule has 0 saturated heterocycles. The zero-order valence-corrected chi connectivity index (χ0v) is 14.7. The van der Waals surface area contributed by atoms with Crippen molar-refractivity contribution in [3.05, 3.63) is 54.0 Å². The third-order valence-electron chi connectivity index (χ3n) is 3.78. The molecule has 1 amide bonds. The number of carbonyl (C=O) groups is 1. The second-order valence-electron chi connectivity index (χ2n) is 5.87. The molecule has 134 valence electrons. The first-order valence-corrected chi connectivity index (χ1v) is 8.25. The van der Waals surface area contributed by atoms with Gasteiger partial charge in [0.2, 0.25) is 5.95 Å². The van der Waals surface area contributed by atoms with Crippen LogP contribution < -0.4 is 16.4 Å². The number of aromatic nitrogens is 4. The standard InChI is InChI=1S/C18H21N7O/c1-12-9-21-18(23-15-10-22-25(2)11-15)24-16(12)13-3-5-14(6-4-13)17(26)20-8-7-19/h3-6,9-11H,7-8,19H2,1-2H3,(H,20,26)(H,21,23,24). The summed E-state index contributed by atoms with van der Waals surface area (Å²) in [6.07, 6.45) is 5.32. The number of amides is 1. The molecule has 0 bridgehead atoms. The van der Waals surface area contributed by atoms with Gasteiger partial charge in [0.15, 0.2) is 0 Å². The molecule has 0 radical (unpaired) electrons. The number of nitrogens with one attached hydrogen (secondary N) is 2. The predicted octanol–water partition coefficient (Wildman–Crippen LogP) is 1.62. The Morgan fingerprint density at radius 2 is 2.00 bits per heavy atom. The Bertz CT molecular complexity index is 902. The molecule has 0 aliphatic carbocycles. The van der Waals surface area contributed by atoms with E-state index in [0.29, 0.717) is 24.6 Å². The van der Waals surface area contributed by atoms with Gasteiger partial charge in [0.05, 0.1) is 17.6 Å². The van der Waals surface area contributed by atoms with Crippen LogP contribution in [0.3, 0.4) is 0 Å². The van der Waals surface area contributed by atoms with Crippen molar-refractivity contribution in [2.75, 3.05) is 18.4 Å². The molecular weight excluding hydrogens is 330 g/mol. The second-order valence-corrected chi connectivity index (χ2v) is 5.87. The highest BCUT2D eigenvalue weighted by Gasteiger charge is 2.10. The first-order chi connectivity index (χ1) is 12.6. The first kappa shape index (κ1) is 17.6. The average Bonchev–Trinajstić information content (AvgIpc) is 3.06. The number of hydrogen-bond donors (Lipinski definition) is 3. The summed E-state index contributed by atoms with van der Waals surface area (Å²) in [6, 6.07) is 7.30. The normalized spacial score (nSPS) is 10.6. The summed E-state index contributed by atoms with van der Waals surface area (Å²) in [4.78, 5) is 20.9. The maximum atomic E-state index is 12.0. The van der Waals surface area contributed by atoms with Gasteiger partial charge in [0.25, 0.3) is 5.91 Å². The molecule has 3 aromatic rings. The molecule has 0 unspecified atom stereocenters. The van der Waals surface area contributed by atoms with E-state index in [2.05, 4.69) is 25.7 Å². The van der Waals surface area contributed by atoms with Crippen LogP contribution >= 0.6 is 0 Å². The maximum Gasteiger partial charge on any atom is 0.251 e. The first-order valence-electron chi connectivity index (χ1n) is 8.25. The lowest BCUT2D eigenvalue weighted by atomic mass is 10.1.